The van der Waals surface area contributed by atoms with Crippen LogP contribution in [-0.4, -0.2) is 13.4 Å². The monoisotopic (exact) mass is 320 g/mol. The van der Waals surface area contributed by atoms with Crippen molar-refractivity contribution in [1.29, 1.82) is 0 Å². The average Bonchev–Trinajstić information content (AvgIpc) is 2.00. The summed E-state index contributed by atoms with van der Waals surface area (Å²) in [4.78, 5) is 3.37. The number of halogens is 4. The van der Waals surface area contributed by atoms with Crippen molar-refractivity contribution in [3.63, 3.8) is 0 Å². The fourth-order valence-electron chi connectivity index (χ4n) is 0.914. The van der Waals surface area contributed by atoms with E-state index in [2.05, 4.69) is 20.9 Å². The van der Waals surface area contributed by atoms with Crippen LogP contribution in [0.5, 0.6) is 0 Å². The lowest BCUT2D eigenvalue weighted by Gasteiger charge is -2.09. The summed E-state index contributed by atoms with van der Waals surface area (Å²) in [5, 5.41) is -0.761. The molecule has 0 atom stereocenters. The highest BCUT2D eigenvalue weighted by Crippen LogP contribution is 2.35. The maximum Gasteiger partial charge on any atom is 0.280 e. The third-order valence-electron chi connectivity index (χ3n) is 1.52. The van der Waals surface area contributed by atoms with Gasteiger partial charge in [-0.3, -0.25) is 0 Å². The van der Waals surface area contributed by atoms with Gasteiger partial charge in [-0.25, -0.2) is 22.2 Å². The molecule has 9 heteroatoms. The Kier molecular flexibility index (Phi) is 3.51. The molecule has 0 aliphatic carbocycles. The van der Waals surface area contributed by atoms with E-state index in [0.29, 0.717) is 0 Å². The molecule has 0 unspecified atom stereocenters. The lowest BCUT2D eigenvalue weighted by Crippen LogP contribution is -2.06. The third-order valence-corrected chi connectivity index (χ3v) is 3.38. The molecular formula is C6H4BrClF2N2O2S. The van der Waals surface area contributed by atoms with Gasteiger partial charge < -0.3 is 5.73 Å². The van der Waals surface area contributed by atoms with Crippen LogP contribution in [0.3, 0.4) is 0 Å². The van der Waals surface area contributed by atoms with Gasteiger partial charge in [-0.2, -0.15) is 0 Å². The van der Waals surface area contributed by atoms with Crippen LogP contribution in [0.4, 0.5) is 14.5 Å². The molecule has 0 radical (unpaired) electrons. The number of anilines is 1. The fourth-order valence-corrected chi connectivity index (χ4v) is 2.32. The molecule has 0 saturated carbocycles. The second-order valence-electron chi connectivity index (χ2n) is 2.48. The number of rotatable bonds is 2. The van der Waals surface area contributed by atoms with Crippen LogP contribution in [0.15, 0.2) is 15.7 Å². The summed E-state index contributed by atoms with van der Waals surface area (Å²) in [6, 6.07) is 0. The molecule has 0 aromatic carbocycles. The van der Waals surface area contributed by atoms with Gasteiger partial charge in [0, 0.05) is 21.4 Å². The van der Waals surface area contributed by atoms with Crippen molar-refractivity contribution in [2.24, 2.45) is 0 Å². The first kappa shape index (κ1) is 12.6. The number of alkyl halides is 2. The van der Waals surface area contributed by atoms with Crippen LogP contribution in [0.25, 0.3) is 0 Å². The van der Waals surface area contributed by atoms with Crippen molar-refractivity contribution >= 4 is 41.4 Å². The van der Waals surface area contributed by atoms with Crippen molar-refractivity contribution < 1.29 is 17.2 Å². The maximum atomic E-state index is 12.5. The van der Waals surface area contributed by atoms with Crippen LogP contribution in [0.1, 0.15) is 12.0 Å². The summed E-state index contributed by atoms with van der Waals surface area (Å²) in [5.74, 6) is 0. The predicted octanol–water partition coefficient (Wildman–Crippen LogP) is 2.29. The molecule has 15 heavy (non-hydrogen) atoms. The van der Waals surface area contributed by atoms with Crippen molar-refractivity contribution in [2.75, 3.05) is 5.73 Å². The van der Waals surface area contributed by atoms with Crippen LogP contribution < -0.4 is 5.73 Å². The van der Waals surface area contributed by atoms with E-state index in [1.54, 1.807) is 0 Å². The quantitative estimate of drug-likeness (QED) is 0.848. The molecule has 2 N–H and O–H groups in total. The number of nitrogens with zero attached hydrogens (tertiary/aromatic N) is 1. The highest BCUT2D eigenvalue weighted by molar-refractivity contribution is 9.10. The van der Waals surface area contributed by atoms with Crippen molar-refractivity contribution in [2.45, 2.75) is 11.5 Å². The van der Waals surface area contributed by atoms with E-state index < -0.39 is 31.8 Å². The third kappa shape index (κ3) is 2.56. The van der Waals surface area contributed by atoms with Crippen LogP contribution in [0.2, 0.25) is 0 Å². The minimum atomic E-state index is -4.22. The van der Waals surface area contributed by atoms with Crippen LogP contribution in [0, 0.1) is 0 Å². The Bertz CT molecular complexity index is 494. The van der Waals surface area contributed by atoms with Gasteiger partial charge in [0.2, 0.25) is 0 Å². The zero-order chi connectivity index (χ0) is 11.8. The first-order valence-electron chi connectivity index (χ1n) is 3.42. The molecule has 84 valence electrons. The van der Waals surface area contributed by atoms with E-state index in [-0.39, 0.29) is 4.47 Å². The normalized spacial score (nSPS) is 12.1. The van der Waals surface area contributed by atoms with Gasteiger partial charge in [0.05, 0.1) is 11.3 Å². The second-order valence-corrected chi connectivity index (χ2v) is 5.81. The van der Waals surface area contributed by atoms with E-state index in [0.717, 1.165) is 6.20 Å². The molecule has 1 aromatic rings. The molecule has 0 spiro atoms. The summed E-state index contributed by atoms with van der Waals surface area (Å²) in [7, 11) is 0.738. The average molecular weight is 322 g/mol. The Balaban J connectivity index is 3.56. The molecule has 0 saturated heterocycles. The summed E-state index contributed by atoms with van der Waals surface area (Å²) in [6.45, 7) is 0. The number of pyridine rings is 1. The molecule has 0 fully saturated rings. The molecule has 0 amide bonds. The zero-order valence-corrected chi connectivity index (χ0v) is 10.1. The van der Waals surface area contributed by atoms with Gasteiger partial charge in [-0.15, -0.1) is 0 Å². The number of hydrogen-bond donors (Lipinski definition) is 1. The van der Waals surface area contributed by atoms with E-state index in [9.17, 15) is 17.2 Å². The lowest BCUT2D eigenvalue weighted by atomic mass is 10.2. The Morgan fingerprint density at radius 2 is 2.07 bits per heavy atom. The van der Waals surface area contributed by atoms with Crippen molar-refractivity contribution in [3.8, 4) is 0 Å². The number of nitrogens with two attached hydrogens (primary N) is 1. The molecule has 4 nitrogen and oxygen atoms in total. The molecule has 0 bridgehead atoms. The molecule has 0 aliphatic rings. The first-order chi connectivity index (χ1) is 6.75. The van der Waals surface area contributed by atoms with E-state index in [1.807, 2.05) is 0 Å². The molecule has 1 heterocycles. The van der Waals surface area contributed by atoms with Crippen molar-refractivity contribution in [3.05, 3.63) is 16.2 Å². The Labute approximate surface area is 97.0 Å². The highest BCUT2D eigenvalue weighted by Gasteiger charge is 2.24. The number of hydrogen-bond acceptors (Lipinski definition) is 4. The second kappa shape index (κ2) is 4.18. The van der Waals surface area contributed by atoms with Gasteiger partial charge in [0.15, 0.2) is 5.03 Å². The Hall–Kier alpha value is -0.470. The largest absolute Gasteiger partial charge is 0.396 e. The fraction of sp³-hybridized carbons (Fsp3) is 0.167. The minimum absolute atomic E-state index is 0.0703. The lowest BCUT2D eigenvalue weighted by molar-refractivity contribution is 0.151. The van der Waals surface area contributed by atoms with Gasteiger partial charge in [-0.1, -0.05) is 0 Å². The number of nitrogen functional groups attached to an aromatic ring is 1. The van der Waals surface area contributed by atoms with Gasteiger partial charge in [-0.05, 0) is 15.9 Å². The summed E-state index contributed by atoms with van der Waals surface area (Å²) >= 11 is 2.79. The summed E-state index contributed by atoms with van der Waals surface area (Å²) in [6.07, 6.45) is -2.01. The molecule has 1 aromatic heterocycles. The van der Waals surface area contributed by atoms with E-state index in [1.165, 1.54) is 0 Å². The maximum absolute atomic E-state index is 12.5. The van der Waals surface area contributed by atoms with E-state index in [4.69, 9.17) is 16.4 Å². The highest BCUT2D eigenvalue weighted by atomic mass is 79.9. The summed E-state index contributed by atoms with van der Waals surface area (Å²) < 4.78 is 46.7. The molecule has 0 aliphatic heterocycles. The SMILES string of the molecule is Nc1c(S(=O)(=O)Cl)ncc(Br)c1C(F)F. The molecular weight excluding hydrogens is 317 g/mol. The molecule has 1 rings (SSSR count). The smallest absolute Gasteiger partial charge is 0.280 e. The van der Waals surface area contributed by atoms with Gasteiger partial charge in [0.25, 0.3) is 15.5 Å². The standard InChI is InChI=1S/C6H4BrClF2N2O2S/c7-2-1-12-6(15(8,13)14)4(11)3(2)5(9)10/h1,5H,11H2. The Morgan fingerprint density at radius 3 is 2.47 bits per heavy atom. The zero-order valence-electron chi connectivity index (χ0n) is 6.92. The minimum Gasteiger partial charge on any atom is -0.396 e. The van der Waals surface area contributed by atoms with Crippen LogP contribution >= 0.6 is 26.6 Å². The van der Waals surface area contributed by atoms with Crippen molar-refractivity contribution in [1.82, 2.24) is 4.98 Å². The summed E-state index contributed by atoms with van der Waals surface area (Å²) in [5.41, 5.74) is 3.96. The Morgan fingerprint density at radius 1 is 1.53 bits per heavy atom. The predicted molar refractivity (Wildman–Crippen MR) is 54.3 cm³/mol. The van der Waals surface area contributed by atoms with E-state index >= 15 is 0 Å². The van der Waals surface area contributed by atoms with Gasteiger partial charge >= 0.3 is 0 Å². The van der Waals surface area contributed by atoms with Crippen LogP contribution in [-0.2, 0) is 9.05 Å². The first-order valence-corrected chi connectivity index (χ1v) is 6.52. The van der Waals surface area contributed by atoms with Gasteiger partial charge in [0.1, 0.15) is 0 Å². The topological polar surface area (TPSA) is 73.1 Å². The number of aromatic nitrogens is 1.